The van der Waals surface area contributed by atoms with Crippen LogP contribution >= 0.6 is 11.6 Å². The van der Waals surface area contributed by atoms with Gasteiger partial charge in [0.25, 0.3) is 0 Å². The van der Waals surface area contributed by atoms with Gasteiger partial charge in [0.1, 0.15) is 11.3 Å². The number of halogens is 1. The molecule has 0 radical (unpaired) electrons. The van der Waals surface area contributed by atoms with Crippen LogP contribution < -0.4 is 15.0 Å². The third-order valence-electron chi connectivity index (χ3n) is 4.96. The van der Waals surface area contributed by atoms with E-state index in [-0.39, 0.29) is 6.10 Å². The molecule has 1 aliphatic heterocycles. The summed E-state index contributed by atoms with van der Waals surface area (Å²) in [5, 5.41) is 23.4. The number of pyridine rings is 1. The number of fused-ring (bicyclic) bond motifs is 1. The van der Waals surface area contributed by atoms with Crippen molar-refractivity contribution in [2.75, 3.05) is 30.4 Å². The van der Waals surface area contributed by atoms with Crippen molar-refractivity contribution in [2.24, 2.45) is 0 Å². The van der Waals surface area contributed by atoms with Gasteiger partial charge in [-0.3, -0.25) is 4.98 Å². The van der Waals surface area contributed by atoms with Crippen LogP contribution in [0.3, 0.4) is 0 Å². The number of nitrogens with zero attached hydrogens (tertiary/aromatic N) is 4. The lowest BCUT2D eigenvalue weighted by Gasteiger charge is -2.30. The van der Waals surface area contributed by atoms with Crippen LogP contribution in [-0.2, 0) is 6.54 Å². The molecule has 3 aromatic rings. The van der Waals surface area contributed by atoms with Crippen LogP contribution in [0.4, 0.5) is 11.6 Å². The quantitative estimate of drug-likeness (QED) is 0.681. The van der Waals surface area contributed by atoms with Crippen molar-refractivity contribution in [1.29, 1.82) is 0 Å². The Morgan fingerprint density at radius 1 is 1.25 bits per heavy atom. The van der Waals surface area contributed by atoms with Crippen molar-refractivity contribution in [3.8, 4) is 5.75 Å². The van der Waals surface area contributed by atoms with Gasteiger partial charge in [0.05, 0.1) is 18.2 Å². The number of hydrogen-bond acceptors (Lipinski definition) is 7. The average molecular weight is 400 g/mol. The minimum atomic E-state index is -0.235. The summed E-state index contributed by atoms with van der Waals surface area (Å²) in [6.45, 7) is 2.05. The maximum Gasteiger partial charge on any atom is 0.178 e. The number of methoxy groups -OCH3 is 1. The van der Waals surface area contributed by atoms with Crippen LogP contribution in [-0.4, -0.2) is 46.6 Å². The van der Waals surface area contributed by atoms with Crippen LogP contribution in [0, 0.1) is 0 Å². The van der Waals surface area contributed by atoms with Crippen LogP contribution in [0.2, 0.25) is 5.02 Å². The normalized spacial score (nSPS) is 15.0. The van der Waals surface area contributed by atoms with Crippen molar-refractivity contribution in [3.63, 3.8) is 0 Å². The first-order chi connectivity index (χ1) is 13.7. The third-order valence-corrected chi connectivity index (χ3v) is 5.25. The van der Waals surface area contributed by atoms with Crippen LogP contribution in [0.25, 0.3) is 10.9 Å². The molecular weight excluding hydrogens is 378 g/mol. The molecule has 0 aliphatic carbocycles. The van der Waals surface area contributed by atoms with Gasteiger partial charge in [-0.2, -0.15) is 0 Å². The Morgan fingerprint density at radius 2 is 2.07 bits per heavy atom. The van der Waals surface area contributed by atoms with Crippen molar-refractivity contribution in [2.45, 2.75) is 25.5 Å². The number of ether oxygens (including phenoxy) is 1. The molecule has 0 spiro atoms. The van der Waals surface area contributed by atoms with Gasteiger partial charge in [-0.15, -0.1) is 10.2 Å². The first-order valence-corrected chi connectivity index (χ1v) is 9.64. The summed E-state index contributed by atoms with van der Waals surface area (Å²) in [5.41, 5.74) is 1.82. The maximum absolute atomic E-state index is 9.76. The van der Waals surface area contributed by atoms with Crippen molar-refractivity contribution < 1.29 is 9.84 Å². The smallest absolute Gasteiger partial charge is 0.178 e. The van der Waals surface area contributed by atoms with Gasteiger partial charge >= 0.3 is 0 Å². The lowest BCUT2D eigenvalue weighted by molar-refractivity contribution is 0.145. The fraction of sp³-hybridized carbons (Fsp3) is 0.350. The Morgan fingerprint density at radius 3 is 2.82 bits per heavy atom. The van der Waals surface area contributed by atoms with Crippen molar-refractivity contribution in [1.82, 2.24) is 15.2 Å². The zero-order chi connectivity index (χ0) is 19.5. The molecule has 1 fully saturated rings. The van der Waals surface area contributed by atoms with E-state index in [0.717, 1.165) is 48.2 Å². The molecular formula is C20H22ClN5O2. The summed E-state index contributed by atoms with van der Waals surface area (Å²) in [6, 6.07) is 9.55. The summed E-state index contributed by atoms with van der Waals surface area (Å²) in [4.78, 5) is 6.68. The fourth-order valence-electron chi connectivity index (χ4n) is 3.40. The standard InChI is InChI=1S/C20H22ClN5O2/c1-28-17-5-4-13(11-16(17)21)12-23-19-15-3-2-8-22-18(15)20(25-24-19)26-9-6-14(27)7-10-26/h2-5,8,11,14,27H,6-7,9-10,12H2,1H3,(H,23,24). The van der Waals surface area contributed by atoms with Crippen molar-refractivity contribution >= 4 is 34.1 Å². The SMILES string of the molecule is COc1ccc(CNc2nnc(N3CCC(O)CC3)c3ncccc23)cc1Cl. The number of hydrogen-bond donors (Lipinski definition) is 2. The highest BCUT2D eigenvalue weighted by molar-refractivity contribution is 6.32. The molecule has 0 amide bonds. The van der Waals surface area contributed by atoms with Gasteiger partial charge in [-0.05, 0) is 42.7 Å². The van der Waals surface area contributed by atoms with E-state index < -0.39 is 0 Å². The van der Waals surface area contributed by atoms with E-state index in [1.807, 2.05) is 30.3 Å². The van der Waals surface area contributed by atoms with Gasteiger partial charge < -0.3 is 20.1 Å². The molecule has 28 heavy (non-hydrogen) atoms. The third kappa shape index (κ3) is 3.81. The summed E-state index contributed by atoms with van der Waals surface area (Å²) >= 11 is 6.21. The molecule has 0 unspecified atom stereocenters. The molecule has 8 heteroatoms. The van der Waals surface area contributed by atoms with Crippen LogP contribution in [0.15, 0.2) is 36.5 Å². The Bertz CT molecular complexity index is 976. The maximum atomic E-state index is 9.76. The highest BCUT2D eigenvalue weighted by Gasteiger charge is 2.21. The van der Waals surface area contributed by atoms with Gasteiger partial charge in [0, 0.05) is 31.2 Å². The van der Waals surface area contributed by atoms with Gasteiger partial charge in [0.2, 0.25) is 0 Å². The number of aliphatic hydroxyl groups excluding tert-OH is 1. The topological polar surface area (TPSA) is 83.4 Å². The molecule has 0 bridgehead atoms. The summed E-state index contributed by atoms with van der Waals surface area (Å²) < 4.78 is 5.19. The van der Waals surface area contributed by atoms with E-state index in [0.29, 0.717) is 23.1 Å². The Balaban J connectivity index is 1.58. The van der Waals surface area contributed by atoms with Crippen LogP contribution in [0.1, 0.15) is 18.4 Å². The molecule has 0 atom stereocenters. The molecule has 2 aromatic heterocycles. The van der Waals surface area contributed by atoms with E-state index in [4.69, 9.17) is 16.3 Å². The van der Waals surface area contributed by atoms with Crippen LogP contribution in [0.5, 0.6) is 5.75 Å². The van der Waals surface area contributed by atoms with E-state index in [1.54, 1.807) is 13.3 Å². The van der Waals surface area contributed by atoms with Gasteiger partial charge in [0.15, 0.2) is 11.6 Å². The van der Waals surface area contributed by atoms with Gasteiger partial charge in [-0.25, -0.2) is 0 Å². The number of nitrogens with one attached hydrogen (secondary N) is 1. The second kappa shape index (κ2) is 8.16. The highest BCUT2D eigenvalue weighted by Crippen LogP contribution is 2.29. The lowest BCUT2D eigenvalue weighted by atomic mass is 10.1. The minimum absolute atomic E-state index is 0.235. The Labute approximate surface area is 168 Å². The summed E-state index contributed by atoms with van der Waals surface area (Å²) in [6.07, 6.45) is 2.99. The molecule has 146 valence electrons. The van der Waals surface area contributed by atoms with E-state index in [2.05, 4.69) is 25.4 Å². The molecule has 0 saturated carbocycles. The summed E-state index contributed by atoms with van der Waals surface area (Å²) in [7, 11) is 1.60. The summed E-state index contributed by atoms with van der Waals surface area (Å²) in [5.74, 6) is 2.09. The fourth-order valence-corrected chi connectivity index (χ4v) is 3.68. The minimum Gasteiger partial charge on any atom is -0.495 e. The highest BCUT2D eigenvalue weighted by atomic mass is 35.5. The van der Waals surface area contributed by atoms with Crippen molar-refractivity contribution in [3.05, 3.63) is 47.1 Å². The second-order valence-electron chi connectivity index (χ2n) is 6.81. The largest absolute Gasteiger partial charge is 0.495 e. The first kappa shape index (κ1) is 18.7. The van der Waals surface area contributed by atoms with E-state index in [1.165, 1.54) is 0 Å². The molecule has 3 heterocycles. The Kier molecular flexibility index (Phi) is 5.45. The molecule has 7 nitrogen and oxygen atoms in total. The molecule has 1 saturated heterocycles. The zero-order valence-electron chi connectivity index (χ0n) is 15.6. The predicted molar refractivity (Wildman–Crippen MR) is 110 cm³/mol. The predicted octanol–water partition coefficient (Wildman–Crippen LogP) is 3.26. The lowest BCUT2D eigenvalue weighted by Crippen LogP contribution is -2.36. The Hall–Kier alpha value is -2.64. The number of aromatic nitrogens is 3. The van der Waals surface area contributed by atoms with E-state index in [9.17, 15) is 5.11 Å². The van der Waals surface area contributed by atoms with Gasteiger partial charge in [-0.1, -0.05) is 17.7 Å². The number of aliphatic hydroxyl groups is 1. The molecule has 1 aromatic carbocycles. The first-order valence-electron chi connectivity index (χ1n) is 9.26. The second-order valence-corrected chi connectivity index (χ2v) is 7.22. The average Bonchev–Trinajstić information content (AvgIpc) is 2.73. The number of piperidine rings is 1. The number of rotatable bonds is 5. The number of anilines is 2. The zero-order valence-corrected chi connectivity index (χ0v) is 16.4. The molecule has 1 aliphatic rings. The van der Waals surface area contributed by atoms with E-state index >= 15 is 0 Å². The molecule has 4 rings (SSSR count). The molecule has 2 N–H and O–H groups in total. The number of benzene rings is 1. The monoisotopic (exact) mass is 399 g/mol.